The SMILES string of the molecule is CCC(NCC1CCN(C)CC1)c1ccc(Cl)cc1Cl. The summed E-state index contributed by atoms with van der Waals surface area (Å²) in [7, 11) is 2.20. The fourth-order valence-electron chi connectivity index (χ4n) is 2.83. The van der Waals surface area contributed by atoms with Gasteiger partial charge in [-0.2, -0.15) is 0 Å². The van der Waals surface area contributed by atoms with Crippen molar-refractivity contribution in [2.75, 3.05) is 26.7 Å². The molecule has 1 aromatic rings. The van der Waals surface area contributed by atoms with Gasteiger partial charge in [-0.15, -0.1) is 0 Å². The van der Waals surface area contributed by atoms with Crippen LogP contribution in [0.25, 0.3) is 0 Å². The second-order valence-corrected chi connectivity index (χ2v) is 6.63. The summed E-state index contributed by atoms with van der Waals surface area (Å²) in [5, 5.41) is 5.15. The van der Waals surface area contributed by atoms with Crippen molar-refractivity contribution in [3.05, 3.63) is 33.8 Å². The molecule has 0 bridgehead atoms. The second-order valence-electron chi connectivity index (χ2n) is 5.78. The standard InChI is InChI=1S/C16H24Cl2N2/c1-3-16(14-5-4-13(17)10-15(14)18)19-11-12-6-8-20(2)9-7-12/h4-5,10,12,16,19H,3,6-9,11H2,1-2H3. The number of rotatable bonds is 5. The lowest BCUT2D eigenvalue weighted by molar-refractivity contribution is 0.212. The molecule has 4 heteroatoms. The van der Waals surface area contributed by atoms with Crippen molar-refractivity contribution >= 4 is 23.2 Å². The van der Waals surface area contributed by atoms with Gasteiger partial charge in [0.15, 0.2) is 0 Å². The van der Waals surface area contributed by atoms with Crippen LogP contribution in [0.2, 0.25) is 10.0 Å². The first-order valence-electron chi connectivity index (χ1n) is 7.47. The predicted molar refractivity (Wildman–Crippen MR) is 87.7 cm³/mol. The Bertz CT molecular complexity index is 428. The molecule has 1 atom stereocenters. The van der Waals surface area contributed by atoms with Gasteiger partial charge in [0.2, 0.25) is 0 Å². The molecule has 0 aromatic heterocycles. The number of likely N-dealkylation sites (tertiary alicyclic amines) is 1. The number of piperidine rings is 1. The maximum atomic E-state index is 6.31. The molecule has 0 spiro atoms. The summed E-state index contributed by atoms with van der Waals surface area (Å²) in [6.45, 7) is 5.69. The van der Waals surface area contributed by atoms with E-state index in [1.54, 1.807) is 0 Å². The highest BCUT2D eigenvalue weighted by Gasteiger charge is 2.19. The molecule has 0 radical (unpaired) electrons. The number of benzene rings is 1. The second kappa shape index (κ2) is 7.65. The molecular weight excluding hydrogens is 291 g/mol. The van der Waals surface area contributed by atoms with Gasteiger partial charge < -0.3 is 10.2 Å². The van der Waals surface area contributed by atoms with Crippen molar-refractivity contribution in [3.8, 4) is 0 Å². The van der Waals surface area contributed by atoms with Crippen molar-refractivity contribution < 1.29 is 0 Å². The van der Waals surface area contributed by atoms with E-state index >= 15 is 0 Å². The normalized spacial score (nSPS) is 19.2. The van der Waals surface area contributed by atoms with E-state index in [-0.39, 0.29) is 0 Å². The van der Waals surface area contributed by atoms with E-state index in [4.69, 9.17) is 23.2 Å². The van der Waals surface area contributed by atoms with E-state index in [1.165, 1.54) is 25.9 Å². The molecule has 0 saturated carbocycles. The Hall–Kier alpha value is -0.280. The lowest BCUT2D eigenvalue weighted by atomic mass is 9.96. The zero-order valence-electron chi connectivity index (χ0n) is 12.3. The minimum Gasteiger partial charge on any atom is -0.310 e. The number of nitrogens with zero attached hydrogens (tertiary/aromatic N) is 1. The molecule has 1 unspecified atom stereocenters. The van der Waals surface area contributed by atoms with Crippen molar-refractivity contribution in [2.24, 2.45) is 5.92 Å². The number of nitrogens with one attached hydrogen (secondary N) is 1. The minimum absolute atomic E-state index is 0.319. The number of halogens is 2. The molecule has 1 heterocycles. The van der Waals surface area contributed by atoms with Crippen LogP contribution in [0.1, 0.15) is 37.8 Å². The Morgan fingerprint density at radius 1 is 1.30 bits per heavy atom. The van der Waals surface area contributed by atoms with Gasteiger partial charge >= 0.3 is 0 Å². The first-order chi connectivity index (χ1) is 9.60. The fourth-order valence-corrected chi connectivity index (χ4v) is 3.37. The molecule has 0 aliphatic carbocycles. The van der Waals surface area contributed by atoms with Crippen LogP contribution in [0.3, 0.4) is 0 Å². The molecule has 1 aliphatic rings. The van der Waals surface area contributed by atoms with Crippen molar-refractivity contribution in [2.45, 2.75) is 32.2 Å². The quantitative estimate of drug-likeness (QED) is 0.867. The highest BCUT2D eigenvalue weighted by molar-refractivity contribution is 6.35. The Morgan fingerprint density at radius 3 is 2.60 bits per heavy atom. The average molecular weight is 315 g/mol. The predicted octanol–water partition coefficient (Wildman–Crippen LogP) is 4.38. The summed E-state index contributed by atoms with van der Waals surface area (Å²) >= 11 is 12.3. The van der Waals surface area contributed by atoms with E-state index in [0.717, 1.165) is 29.5 Å². The van der Waals surface area contributed by atoms with E-state index in [1.807, 2.05) is 18.2 Å². The zero-order chi connectivity index (χ0) is 14.5. The smallest absolute Gasteiger partial charge is 0.0468 e. The van der Waals surface area contributed by atoms with Crippen LogP contribution in [0.5, 0.6) is 0 Å². The molecule has 1 N–H and O–H groups in total. The van der Waals surface area contributed by atoms with Gasteiger partial charge in [0.05, 0.1) is 0 Å². The largest absolute Gasteiger partial charge is 0.310 e. The molecule has 1 aliphatic heterocycles. The molecule has 2 nitrogen and oxygen atoms in total. The number of hydrogen-bond acceptors (Lipinski definition) is 2. The zero-order valence-corrected chi connectivity index (χ0v) is 13.8. The molecule has 112 valence electrons. The van der Waals surface area contributed by atoms with Gasteiger partial charge in [-0.05, 0) is 69.6 Å². The molecule has 2 rings (SSSR count). The molecule has 20 heavy (non-hydrogen) atoms. The summed E-state index contributed by atoms with van der Waals surface area (Å²) in [6, 6.07) is 6.11. The van der Waals surface area contributed by atoms with Gasteiger partial charge in [0.1, 0.15) is 0 Å². The third kappa shape index (κ3) is 4.36. The van der Waals surface area contributed by atoms with E-state index in [9.17, 15) is 0 Å². The van der Waals surface area contributed by atoms with E-state index in [2.05, 4.69) is 24.2 Å². The third-order valence-corrected chi connectivity index (χ3v) is 4.80. The van der Waals surface area contributed by atoms with Crippen LogP contribution in [0, 0.1) is 5.92 Å². The van der Waals surface area contributed by atoms with Gasteiger partial charge in [0.25, 0.3) is 0 Å². The van der Waals surface area contributed by atoms with E-state index < -0.39 is 0 Å². The Kier molecular flexibility index (Phi) is 6.16. The van der Waals surface area contributed by atoms with E-state index in [0.29, 0.717) is 11.1 Å². The summed E-state index contributed by atoms with van der Waals surface area (Å²) in [5.74, 6) is 0.784. The van der Waals surface area contributed by atoms with Crippen molar-refractivity contribution in [1.82, 2.24) is 10.2 Å². The molecular formula is C16H24Cl2N2. The first-order valence-corrected chi connectivity index (χ1v) is 8.22. The van der Waals surface area contributed by atoms with Gasteiger partial charge in [-0.25, -0.2) is 0 Å². The molecule has 1 saturated heterocycles. The topological polar surface area (TPSA) is 15.3 Å². The lowest BCUT2D eigenvalue weighted by Crippen LogP contribution is -2.36. The van der Waals surface area contributed by atoms with Crippen molar-refractivity contribution in [1.29, 1.82) is 0 Å². The third-order valence-electron chi connectivity index (χ3n) is 4.24. The van der Waals surface area contributed by atoms with Crippen LogP contribution in [-0.4, -0.2) is 31.6 Å². The summed E-state index contributed by atoms with van der Waals surface area (Å²) in [5.41, 5.74) is 1.16. The highest BCUT2D eigenvalue weighted by atomic mass is 35.5. The highest BCUT2D eigenvalue weighted by Crippen LogP contribution is 2.28. The minimum atomic E-state index is 0.319. The van der Waals surface area contributed by atoms with Gasteiger partial charge in [0, 0.05) is 16.1 Å². The fraction of sp³-hybridized carbons (Fsp3) is 0.625. The molecule has 1 fully saturated rings. The van der Waals surface area contributed by atoms with Crippen LogP contribution < -0.4 is 5.32 Å². The van der Waals surface area contributed by atoms with Crippen LogP contribution in [-0.2, 0) is 0 Å². The first kappa shape index (κ1) is 16.1. The molecule has 0 amide bonds. The Labute approximate surface area is 132 Å². The average Bonchev–Trinajstić information content (AvgIpc) is 2.43. The summed E-state index contributed by atoms with van der Waals surface area (Å²) in [6.07, 6.45) is 3.61. The summed E-state index contributed by atoms with van der Waals surface area (Å²) in [4.78, 5) is 2.41. The van der Waals surface area contributed by atoms with Crippen LogP contribution in [0.4, 0.5) is 0 Å². The van der Waals surface area contributed by atoms with Gasteiger partial charge in [-0.3, -0.25) is 0 Å². The van der Waals surface area contributed by atoms with Gasteiger partial charge in [-0.1, -0.05) is 36.2 Å². The van der Waals surface area contributed by atoms with Crippen LogP contribution in [0.15, 0.2) is 18.2 Å². The molecule has 1 aromatic carbocycles. The lowest BCUT2D eigenvalue weighted by Gasteiger charge is -2.30. The maximum absolute atomic E-state index is 6.31. The summed E-state index contributed by atoms with van der Waals surface area (Å²) < 4.78 is 0. The van der Waals surface area contributed by atoms with Crippen molar-refractivity contribution in [3.63, 3.8) is 0 Å². The Morgan fingerprint density at radius 2 is 2.00 bits per heavy atom. The Balaban J connectivity index is 1.92. The monoisotopic (exact) mass is 314 g/mol. The number of hydrogen-bond donors (Lipinski definition) is 1. The maximum Gasteiger partial charge on any atom is 0.0468 e. The van der Waals surface area contributed by atoms with Crippen LogP contribution >= 0.6 is 23.2 Å².